The summed E-state index contributed by atoms with van der Waals surface area (Å²) in [5.74, 6) is 1.44. The van der Waals surface area contributed by atoms with Crippen molar-refractivity contribution in [1.82, 2.24) is 4.57 Å². The second-order valence-electron chi connectivity index (χ2n) is 23.9. The molecule has 0 fully saturated rings. The summed E-state index contributed by atoms with van der Waals surface area (Å²) in [6, 6.07) is 90.2. The van der Waals surface area contributed by atoms with Crippen LogP contribution in [-0.2, 0) is 5.41 Å². The topological polar surface area (TPSA) is 17.4 Å². The van der Waals surface area contributed by atoms with Crippen molar-refractivity contribution in [2.45, 2.75) is 5.41 Å². The molecule has 0 radical (unpaired) electrons. The van der Waals surface area contributed by atoms with Crippen LogP contribution >= 0.6 is 11.3 Å². The van der Waals surface area contributed by atoms with Crippen LogP contribution in [0.15, 0.2) is 309 Å². The fraction of sp³-hybridized carbons (Fsp3) is 0.0118. The van der Waals surface area contributed by atoms with Crippen LogP contribution in [0.4, 0.5) is 17.1 Å². The molecule has 2 aromatic heterocycles. The third-order valence-corrected chi connectivity index (χ3v) is 23.0. The SMILES string of the molecule is [2H]c1c([2H])c([2H])c2c(c1[2H])c1c([2H])c([2H])c([2H])c([2H])c1n2-c1cc2c3c(c1)N(c1c(-c4cccc(-c5ccccc5)c4)cccc1-c1cccc(-c4ccccc4)c1)c1cc4c(cc1B3c1ccc3sc5ccccc5c3c1[Se]2)C1(c2ccccc2O4)c2ccccc2-c2ccccc21. The molecule has 1 spiro atoms. The first-order valence-electron chi connectivity index (χ1n) is 34.7. The van der Waals surface area contributed by atoms with E-state index in [0.717, 1.165) is 93.8 Å². The van der Waals surface area contributed by atoms with E-state index in [9.17, 15) is 8.22 Å². The van der Waals surface area contributed by atoms with E-state index in [-0.39, 0.29) is 46.0 Å². The molecule has 6 heteroatoms. The van der Waals surface area contributed by atoms with E-state index >= 15 is 0 Å². The molecule has 5 heterocycles. The quantitative estimate of drug-likeness (QED) is 0.154. The molecule has 0 saturated carbocycles. The number of benzene rings is 14. The summed E-state index contributed by atoms with van der Waals surface area (Å²) >= 11 is 1.32. The van der Waals surface area contributed by atoms with E-state index in [0.29, 0.717) is 11.4 Å². The average Bonchev–Trinajstić information content (AvgIpc) is 1.65. The Hall–Kier alpha value is -10.7. The number of hydrogen-bond acceptors (Lipinski definition) is 3. The number of ether oxygens (including phenoxy) is 1. The van der Waals surface area contributed by atoms with Crippen LogP contribution < -0.4 is 34.9 Å². The summed E-state index contributed by atoms with van der Waals surface area (Å²) in [5.41, 5.74) is 20.4. The molecule has 1 aliphatic carbocycles. The summed E-state index contributed by atoms with van der Waals surface area (Å²) in [5, 5.41) is 2.41. The van der Waals surface area contributed by atoms with Crippen molar-refractivity contribution in [2.75, 3.05) is 4.90 Å². The first-order chi connectivity index (χ1) is 48.5. The molecule has 0 bridgehead atoms. The molecule has 3 aliphatic heterocycles. The molecule has 0 atom stereocenters. The zero-order chi connectivity index (χ0) is 66.4. The molecule has 0 saturated heterocycles. The number of hydrogen-bond donors (Lipinski definition) is 0. The van der Waals surface area contributed by atoms with Crippen LogP contribution in [0.2, 0.25) is 0 Å². The van der Waals surface area contributed by atoms with Crippen molar-refractivity contribution < 1.29 is 15.7 Å². The number of thiophene rings is 1. The van der Waals surface area contributed by atoms with Crippen LogP contribution in [0.5, 0.6) is 11.5 Å². The van der Waals surface area contributed by atoms with Crippen molar-refractivity contribution in [1.29, 1.82) is 0 Å². The minimum absolute atomic E-state index is 0.0222. The zero-order valence-electron chi connectivity index (χ0n) is 56.5. The Kier molecular flexibility index (Phi) is 9.46. The number of nitrogens with zero attached hydrogens (tertiary/aromatic N) is 2. The number of para-hydroxylation sites is 4. The van der Waals surface area contributed by atoms with Crippen LogP contribution in [-0.4, -0.2) is 26.2 Å². The molecule has 14 aromatic carbocycles. The summed E-state index contributed by atoms with van der Waals surface area (Å²) in [6.07, 6.45) is 0. The molecular weight excluding hydrogens is 1190 g/mol. The summed E-state index contributed by atoms with van der Waals surface area (Å²) in [7, 11) is 0. The van der Waals surface area contributed by atoms with Crippen molar-refractivity contribution in [3.8, 4) is 72.8 Å². The third kappa shape index (κ3) is 7.32. The van der Waals surface area contributed by atoms with Crippen LogP contribution in [0.1, 0.15) is 33.2 Å². The van der Waals surface area contributed by atoms with Gasteiger partial charge in [0.15, 0.2) is 0 Å². The molecule has 16 aromatic rings. The molecule has 0 unspecified atom stereocenters. The van der Waals surface area contributed by atoms with E-state index in [1.165, 1.54) is 52.4 Å². The fourth-order valence-corrected chi connectivity index (χ4v) is 19.7. The van der Waals surface area contributed by atoms with Gasteiger partial charge in [-0.3, -0.25) is 0 Å². The minimum atomic E-state index is -0.824. The Morgan fingerprint density at radius 2 is 0.967 bits per heavy atom. The van der Waals surface area contributed by atoms with Gasteiger partial charge in [-0.15, -0.1) is 0 Å². The second-order valence-corrected chi connectivity index (χ2v) is 27.2. The monoisotopic (exact) mass is 1250 g/mol. The molecule has 422 valence electrons. The number of fused-ring (bicyclic) bond motifs is 20. The van der Waals surface area contributed by atoms with Gasteiger partial charge in [0.25, 0.3) is 0 Å². The van der Waals surface area contributed by atoms with E-state index < -0.39 is 51.3 Å². The normalized spacial score (nSPS) is 14.8. The van der Waals surface area contributed by atoms with E-state index in [4.69, 9.17) is 7.48 Å². The molecule has 3 nitrogen and oxygen atoms in total. The van der Waals surface area contributed by atoms with E-state index in [2.05, 4.69) is 254 Å². The molecule has 91 heavy (non-hydrogen) atoms. The number of anilines is 3. The zero-order valence-corrected chi connectivity index (χ0v) is 51.1. The third-order valence-electron chi connectivity index (χ3n) is 19.3. The van der Waals surface area contributed by atoms with Gasteiger partial charge in [-0.05, 0) is 0 Å². The predicted molar refractivity (Wildman–Crippen MR) is 384 cm³/mol. The molecule has 0 amide bonds. The van der Waals surface area contributed by atoms with Gasteiger partial charge in [-0.25, -0.2) is 0 Å². The summed E-state index contributed by atoms with van der Waals surface area (Å²) in [4.78, 5) is 2.44. The Labute approximate surface area is 548 Å². The van der Waals surface area contributed by atoms with Crippen molar-refractivity contribution in [2.24, 2.45) is 0 Å². The van der Waals surface area contributed by atoms with Crippen molar-refractivity contribution in [3.05, 3.63) is 331 Å². The van der Waals surface area contributed by atoms with Gasteiger partial charge < -0.3 is 0 Å². The van der Waals surface area contributed by atoms with Crippen LogP contribution in [0.3, 0.4) is 0 Å². The molecular formula is C85H51BN2OSSe. The van der Waals surface area contributed by atoms with Crippen molar-refractivity contribution >= 4 is 117 Å². The van der Waals surface area contributed by atoms with Gasteiger partial charge in [0.05, 0.1) is 0 Å². The Balaban J connectivity index is 0.981. The van der Waals surface area contributed by atoms with Gasteiger partial charge in [0.2, 0.25) is 0 Å². The van der Waals surface area contributed by atoms with Gasteiger partial charge >= 0.3 is 540 Å². The van der Waals surface area contributed by atoms with Gasteiger partial charge in [-0.1, -0.05) is 12.1 Å². The van der Waals surface area contributed by atoms with E-state index in [1.807, 2.05) is 12.1 Å². The van der Waals surface area contributed by atoms with Gasteiger partial charge in [0, 0.05) is 0 Å². The Morgan fingerprint density at radius 1 is 0.407 bits per heavy atom. The standard InChI is InChI=1S/C85H51BN2OSSe/c1-3-22-52(23-4-1)54-26-19-28-56(46-54)59-35-21-36-60(57-29-20-27-55(47-57)53-24-5-2-6-25-53)83(59)88-74-51-77-69(85(68-39-14-17-42-76(68)89-77)66-37-12-7-30-61(66)62-31-8-13-38-67(62)85)50-71(74)86-70-44-45-79-81(65-34-11-18-43-78(65)90-79)84(70)91-80-49-58(48-75(88)82(80)86)87-72-40-15-9-32-63(72)64-33-10-16-41-73(64)87/h1-51H/i9D,10D,15D,16D,32D,33D,40D,41D. The Morgan fingerprint density at radius 3 is 1.65 bits per heavy atom. The number of rotatable bonds is 6. The van der Waals surface area contributed by atoms with Gasteiger partial charge in [0.1, 0.15) is 0 Å². The predicted octanol–water partition coefficient (Wildman–Crippen LogP) is 18.6. The van der Waals surface area contributed by atoms with Crippen molar-refractivity contribution in [3.63, 3.8) is 0 Å². The Bertz CT molecular complexity index is 6050. The van der Waals surface area contributed by atoms with E-state index in [1.54, 1.807) is 15.9 Å². The second kappa shape index (κ2) is 19.6. The van der Waals surface area contributed by atoms with Crippen LogP contribution in [0, 0.1) is 0 Å². The summed E-state index contributed by atoms with van der Waals surface area (Å²) in [6.45, 7) is -0.415. The molecule has 0 N–H and O–H groups in total. The maximum absolute atomic E-state index is 9.90. The summed E-state index contributed by atoms with van der Waals surface area (Å²) < 4.78 is 89.7. The first-order valence-corrected chi connectivity index (χ1v) is 33.2. The maximum atomic E-state index is 9.90. The molecule has 20 rings (SSSR count). The number of aromatic nitrogens is 1. The fourth-order valence-electron chi connectivity index (χ4n) is 15.6. The first kappa shape index (κ1) is 43.8. The molecule has 4 aliphatic rings. The van der Waals surface area contributed by atoms with Gasteiger partial charge in [-0.2, -0.15) is 0 Å². The average molecular weight is 1250 g/mol. The van der Waals surface area contributed by atoms with Crippen LogP contribution in [0.25, 0.3) is 103 Å².